The normalized spacial score (nSPS) is 26.0. The number of nitrogens with zero attached hydrogens (tertiary/aromatic N) is 2. The van der Waals surface area contributed by atoms with E-state index in [1.807, 2.05) is 18.2 Å². The Bertz CT molecular complexity index is 1610. The molecule has 1 saturated carbocycles. The van der Waals surface area contributed by atoms with Gasteiger partial charge in [-0.2, -0.15) is 5.10 Å². The Balaban J connectivity index is 1.06. The number of hydrogen-bond donors (Lipinski definition) is 2. The van der Waals surface area contributed by atoms with E-state index in [9.17, 15) is 4.79 Å². The van der Waals surface area contributed by atoms with Gasteiger partial charge in [0.15, 0.2) is 0 Å². The number of anilines is 1. The molecule has 1 spiro atoms. The highest BCUT2D eigenvalue weighted by molar-refractivity contribution is 6.10. The Morgan fingerprint density at radius 3 is 2.62 bits per heavy atom. The maximum Gasteiger partial charge on any atom is 0.235 e. The Morgan fingerprint density at radius 1 is 1.05 bits per heavy atom. The summed E-state index contributed by atoms with van der Waals surface area (Å²) in [6.07, 6.45) is 5.52. The summed E-state index contributed by atoms with van der Waals surface area (Å²) >= 11 is 0. The molecule has 0 bridgehead atoms. The standard InChI is InChI=1S/C33H34N4O3/c1-20-17-37(18-21(2)40-20)19-23-6-4-22(5-7-23)8-12-29-26-11-9-24(14-31(26)36-35-29)28-16-33(28)27-15-25(39-3)10-13-30(27)34-32(33)38/h4-15,20-21,28H,16-19H2,1-3H3,(H,34,38)(H,35,36)/b12-8+/t20-,21+,28?,33-/m0/s1. The zero-order valence-electron chi connectivity index (χ0n) is 23.1. The van der Waals surface area contributed by atoms with Gasteiger partial charge in [-0.1, -0.05) is 42.5 Å². The first-order valence-electron chi connectivity index (χ1n) is 14.1. The van der Waals surface area contributed by atoms with E-state index >= 15 is 0 Å². The average molecular weight is 535 g/mol. The fourth-order valence-corrected chi connectivity index (χ4v) is 6.68. The predicted molar refractivity (Wildman–Crippen MR) is 157 cm³/mol. The number of methoxy groups -OCH3 is 1. The van der Waals surface area contributed by atoms with Crippen molar-refractivity contribution in [3.05, 3.63) is 88.6 Å². The van der Waals surface area contributed by atoms with Gasteiger partial charge in [-0.25, -0.2) is 0 Å². The lowest BCUT2D eigenvalue weighted by atomic mass is 9.91. The van der Waals surface area contributed by atoms with Crippen molar-refractivity contribution in [2.75, 3.05) is 25.5 Å². The molecule has 7 heteroatoms. The third-order valence-electron chi connectivity index (χ3n) is 8.66. The predicted octanol–water partition coefficient (Wildman–Crippen LogP) is 5.73. The summed E-state index contributed by atoms with van der Waals surface area (Å²) < 4.78 is 11.3. The smallest absolute Gasteiger partial charge is 0.235 e. The summed E-state index contributed by atoms with van der Waals surface area (Å²) in [5.74, 6) is 0.987. The fourth-order valence-electron chi connectivity index (χ4n) is 6.68. The highest BCUT2D eigenvalue weighted by Crippen LogP contribution is 2.65. The molecule has 3 heterocycles. The highest BCUT2D eigenvalue weighted by Gasteiger charge is 2.65. The van der Waals surface area contributed by atoms with Gasteiger partial charge in [-0.3, -0.25) is 14.8 Å². The number of carbonyl (C=O) groups is 1. The molecular weight excluding hydrogens is 500 g/mol. The van der Waals surface area contributed by atoms with Crippen molar-refractivity contribution in [1.82, 2.24) is 15.1 Å². The van der Waals surface area contributed by atoms with Gasteiger partial charge in [0.1, 0.15) is 5.75 Å². The molecule has 2 N–H and O–H groups in total. The maximum absolute atomic E-state index is 13.0. The van der Waals surface area contributed by atoms with Crippen molar-refractivity contribution in [3.63, 3.8) is 0 Å². The number of hydrogen-bond acceptors (Lipinski definition) is 5. The molecule has 1 saturated heterocycles. The van der Waals surface area contributed by atoms with Crippen LogP contribution in [0.2, 0.25) is 0 Å². The number of morpholine rings is 1. The van der Waals surface area contributed by atoms with Gasteiger partial charge in [0.05, 0.1) is 35.9 Å². The van der Waals surface area contributed by atoms with E-state index in [0.29, 0.717) is 0 Å². The summed E-state index contributed by atoms with van der Waals surface area (Å²) in [5, 5.41) is 11.9. The second-order valence-electron chi connectivity index (χ2n) is 11.5. The third kappa shape index (κ3) is 4.30. The molecule has 0 radical (unpaired) electrons. The van der Waals surface area contributed by atoms with E-state index in [2.05, 4.69) is 88.9 Å². The number of amides is 1. The van der Waals surface area contributed by atoms with E-state index in [4.69, 9.17) is 9.47 Å². The zero-order chi connectivity index (χ0) is 27.4. The number of nitrogens with one attached hydrogen (secondary N) is 2. The molecule has 2 fully saturated rings. The van der Waals surface area contributed by atoms with Crippen LogP contribution < -0.4 is 10.1 Å². The van der Waals surface area contributed by atoms with Crippen LogP contribution in [-0.4, -0.2) is 53.4 Å². The molecular formula is C33H34N4O3. The number of carbonyl (C=O) groups excluding carboxylic acids is 1. The first kappa shape index (κ1) is 25.1. The average Bonchev–Trinajstić information content (AvgIpc) is 3.48. The zero-order valence-corrected chi connectivity index (χ0v) is 23.1. The van der Waals surface area contributed by atoms with Crippen molar-refractivity contribution in [1.29, 1.82) is 0 Å². The minimum absolute atomic E-state index is 0.0779. The van der Waals surface area contributed by atoms with Crippen LogP contribution in [0, 0.1) is 0 Å². The van der Waals surface area contributed by atoms with Crippen LogP contribution in [0.25, 0.3) is 23.1 Å². The summed E-state index contributed by atoms with van der Waals surface area (Å²) in [6.45, 7) is 7.16. The van der Waals surface area contributed by atoms with Crippen LogP contribution in [0.5, 0.6) is 5.75 Å². The second kappa shape index (κ2) is 9.61. The van der Waals surface area contributed by atoms with Crippen molar-refractivity contribution >= 4 is 34.6 Å². The summed E-state index contributed by atoms with van der Waals surface area (Å²) in [6, 6.07) is 21.0. The van der Waals surface area contributed by atoms with Gasteiger partial charge >= 0.3 is 0 Å². The van der Waals surface area contributed by atoms with Crippen LogP contribution >= 0.6 is 0 Å². The molecule has 3 aliphatic rings. The SMILES string of the molecule is COc1ccc2c(c1)[C@]1(CC1c1ccc3c(/C=C/c4ccc(CN5C[C@@H](C)O[C@@H](C)C5)cc4)n[nH]c3c1)C(=O)N2. The van der Waals surface area contributed by atoms with E-state index in [1.54, 1.807) is 7.11 Å². The molecule has 2 aliphatic heterocycles. The van der Waals surface area contributed by atoms with Crippen LogP contribution in [-0.2, 0) is 21.5 Å². The number of ether oxygens (including phenoxy) is 2. The largest absolute Gasteiger partial charge is 0.497 e. The lowest BCUT2D eigenvalue weighted by Gasteiger charge is -2.35. The molecule has 1 aromatic heterocycles. The Hall–Kier alpha value is -3.94. The van der Waals surface area contributed by atoms with Crippen molar-refractivity contribution < 1.29 is 14.3 Å². The van der Waals surface area contributed by atoms with Crippen molar-refractivity contribution in [3.8, 4) is 5.75 Å². The summed E-state index contributed by atoms with van der Waals surface area (Å²) in [5.41, 5.74) is 6.90. The van der Waals surface area contributed by atoms with Crippen LogP contribution in [0.3, 0.4) is 0 Å². The van der Waals surface area contributed by atoms with Crippen molar-refractivity contribution in [2.24, 2.45) is 0 Å². The molecule has 40 heavy (non-hydrogen) atoms. The Labute approximate surface area is 234 Å². The minimum Gasteiger partial charge on any atom is -0.497 e. The van der Waals surface area contributed by atoms with Gasteiger partial charge < -0.3 is 14.8 Å². The van der Waals surface area contributed by atoms with Gasteiger partial charge in [-0.05, 0) is 72.9 Å². The summed E-state index contributed by atoms with van der Waals surface area (Å²) in [7, 11) is 1.66. The van der Waals surface area contributed by atoms with Crippen molar-refractivity contribution in [2.45, 2.75) is 50.4 Å². The molecule has 4 aromatic rings. The van der Waals surface area contributed by atoms with Crippen LogP contribution in [0.1, 0.15) is 54.1 Å². The van der Waals surface area contributed by atoms with Crippen LogP contribution in [0.4, 0.5) is 5.69 Å². The highest BCUT2D eigenvalue weighted by atomic mass is 16.5. The van der Waals surface area contributed by atoms with Gasteiger partial charge in [0.2, 0.25) is 5.91 Å². The van der Waals surface area contributed by atoms with Gasteiger partial charge in [-0.15, -0.1) is 0 Å². The number of benzene rings is 3. The molecule has 3 aromatic carbocycles. The number of rotatable bonds is 6. The first-order valence-corrected chi connectivity index (χ1v) is 14.1. The molecule has 4 atom stereocenters. The number of H-pyrrole nitrogens is 1. The molecule has 1 amide bonds. The minimum atomic E-state index is -0.509. The van der Waals surface area contributed by atoms with E-state index in [-0.39, 0.29) is 24.0 Å². The van der Waals surface area contributed by atoms with E-state index in [0.717, 1.165) is 70.8 Å². The molecule has 204 valence electrons. The number of aromatic nitrogens is 2. The van der Waals surface area contributed by atoms with Crippen LogP contribution in [0.15, 0.2) is 60.7 Å². The Morgan fingerprint density at radius 2 is 1.85 bits per heavy atom. The fraction of sp³-hybridized carbons (Fsp3) is 0.333. The van der Waals surface area contributed by atoms with E-state index in [1.165, 1.54) is 5.56 Å². The molecule has 1 aliphatic carbocycles. The first-order chi connectivity index (χ1) is 19.4. The summed E-state index contributed by atoms with van der Waals surface area (Å²) in [4.78, 5) is 15.5. The lowest BCUT2D eigenvalue weighted by molar-refractivity contribution is -0.118. The maximum atomic E-state index is 13.0. The quantitative estimate of drug-likeness (QED) is 0.330. The second-order valence-corrected chi connectivity index (χ2v) is 11.5. The number of aromatic amines is 1. The Kier molecular flexibility index (Phi) is 6.02. The monoisotopic (exact) mass is 534 g/mol. The third-order valence-corrected chi connectivity index (χ3v) is 8.66. The molecule has 1 unspecified atom stereocenters. The van der Waals surface area contributed by atoms with Gasteiger partial charge in [0, 0.05) is 36.6 Å². The van der Waals surface area contributed by atoms with E-state index < -0.39 is 5.41 Å². The van der Waals surface area contributed by atoms with Gasteiger partial charge in [0.25, 0.3) is 0 Å². The lowest BCUT2D eigenvalue weighted by Crippen LogP contribution is -2.44. The molecule has 7 nitrogen and oxygen atoms in total. The molecule has 7 rings (SSSR count). The topological polar surface area (TPSA) is 79.5 Å². The number of fused-ring (bicyclic) bond motifs is 3.